The molecule has 2 rings (SSSR count). The van der Waals surface area contributed by atoms with Gasteiger partial charge in [-0.15, -0.1) is 11.8 Å². The lowest BCUT2D eigenvalue weighted by Gasteiger charge is -2.21. The summed E-state index contributed by atoms with van der Waals surface area (Å²) in [6.07, 6.45) is 1.56. The molecule has 0 spiro atoms. The summed E-state index contributed by atoms with van der Waals surface area (Å²) in [7, 11) is 2.33. The van der Waals surface area contributed by atoms with E-state index in [0.29, 0.717) is 13.0 Å². The second-order valence-electron chi connectivity index (χ2n) is 5.77. The van der Waals surface area contributed by atoms with E-state index in [1.165, 1.54) is 4.90 Å². The lowest BCUT2D eigenvalue weighted by atomic mass is 9.84. The molecule has 0 radical (unpaired) electrons. The summed E-state index contributed by atoms with van der Waals surface area (Å²) >= 11 is 0. The Morgan fingerprint density at radius 1 is 1.08 bits per heavy atom. The Kier molecular flexibility index (Phi) is 7.84. The molecule has 26 heavy (non-hydrogen) atoms. The Balaban J connectivity index is 1.66. The SMILES string of the molecule is COc1ccc(OCCCC#CCB2OC(=O)CN(C)CC(=O)O2)cc1. The van der Waals surface area contributed by atoms with Crippen LogP contribution in [0.4, 0.5) is 0 Å². The highest BCUT2D eigenvalue weighted by Gasteiger charge is 2.30. The zero-order valence-corrected chi connectivity index (χ0v) is 15.0. The fourth-order valence-electron chi connectivity index (χ4n) is 2.24. The van der Waals surface area contributed by atoms with E-state index in [4.69, 9.17) is 18.8 Å². The molecule has 1 fully saturated rings. The third kappa shape index (κ3) is 7.07. The van der Waals surface area contributed by atoms with Gasteiger partial charge in [-0.05, 0) is 37.7 Å². The molecular formula is C18H22BNO6. The summed E-state index contributed by atoms with van der Waals surface area (Å²) in [5, 5.41) is 0. The molecule has 0 aliphatic carbocycles. The van der Waals surface area contributed by atoms with Crippen molar-refractivity contribution in [2.45, 2.75) is 19.2 Å². The monoisotopic (exact) mass is 359 g/mol. The third-order valence-corrected chi connectivity index (χ3v) is 3.49. The first kappa shape index (κ1) is 19.7. The van der Waals surface area contributed by atoms with Crippen molar-refractivity contribution in [1.29, 1.82) is 0 Å². The van der Waals surface area contributed by atoms with E-state index in [1.54, 1.807) is 14.2 Å². The number of likely N-dealkylation sites (N-methyl/N-ethyl adjacent to an activating group) is 1. The minimum atomic E-state index is -0.938. The van der Waals surface area contributed by atoms with Crippen LogP contribution in [0.2, 0.25) is 6.32 Å². The van der Waals surface area contributed by atoms with E-state index in [-0.39, 0.29) is 19.4 Å². The molecule has 0 bridgehead atoms. The first-order chi connectivity index (χ1) is 12.6. The average Bonchev–Trinajstić information content (AvgIpc) is 2.59. The fourth-order valence-corrected chi connectivity index (χ4v) is 2.24. The highest BCUT2D eigenvalue weighted by molar-refractivity contribution is 6.50. The molecule has 0 unspecified atom stereocenters. The number of carbonyl (C=O) groups is 2. The lowest BCUT2D eigenvalue weighted by molar-refractivity contribution is -0.145. The molecule has 138 valence electrons. The summed E-state index contributed by atoms with van der Waals surface area (Å²) in [6.45, 7) is 0.657. The summed E-state index contributed by atoms with van der Waals surface area (Å²) in [5.74, 6) is 6.54. The highest BCUT2D eigenvalue weighted by atomic mass is 16.6. The summed E-state index contributed by atoms with van der Waals surface area (Å²) in [4.78, 5) is 24.7. The maximum atomic E-state index is 11.6. The van der Waals surface area contributed by atoms with Crippen LogP contribution in [0.1, 0.15) is 12.8 Å². The van der Waals surface area contributed by atoms with Crippen molar-refractivity contribution in [3.05, 3.63) is 24.3 Å². The van der Waals surface area contributed by atoms with Crippen LogP contribution < -0.4 is 9.47 Å². The van der Waals surface area contributed by atoms with Crippen LogP contribution in [0.15, 0.2) is 24.3 Å². The number of methoxy groups -OCH3 is 1. The number of unbranched alkanes of at least 4 members (excludes halogenated alkanes) is 1. The molecule has 1 heterocycles. The lowest BCUT2D eigenvalue weighted by Crippen LogP contribution is -2.42. The van der Waals surface area contributed by atoms with Gasteiger partial charge in [-0.2, -0.15) is 0 Å². The quantitative estimate of drug-likeness (QED) is 0.432. The molecule has 1 aliphatic heterocycles. The predicted octanol–water partition coefficient (Wildman–Crippen LogP) is 1.38. The van der Waals surface area contributed by atoms with Crippen molar-refractivity contribution in [3.63, 3.8) is 0 Å². The average molecular weight is 359 g/mol. The van der Waals surface area contributed by atoms with Gasteiger partial charge in [0.15, 0.2) is 0 Å². The van der Waals surface area contributed by atoms with Gasteiger partial charge in [0.05, 0.1) is 33.1 Å². The van der Waals surface area contributed by atoms with Gasteiger partial charge >= 0.3 is 19.1 Å². The Hall–Kier alpha value is -2.66. The third-order valence-electron chi connectivity index (χ3n) is 3.49. The van der Waals surface area contributed by atoms with Crippen LogP contribution >= 0.6 is 0 Å². The van der Waals surface area contributed by atoms with E-state index in [0.717, 1.165) is 17.9 Å². The number of carbonyl (C=O) groups excluding carboxylic acids is 2. The van der Waals surface area contributed by atoms with E-state index in [1.807, 2.05) is 24.3 Å². The van der Waals surface area contributed by atoms with Gasteiger partial charge in [-0.1, -0.05) is 0 Å². The molecule has 1 aliphatic rings. The standard InChI is InChI=1S/C18H22BNO6/c1-20-13-17(21)25-19(26-18(22)14-20)11-5-3-4-6-12-24-16-9-7-15(23-2)8-10-16/h7-10H,4,6,11-14H2,1-2H3. The predicted molar refractivity (Wildman–Crippen MR) is 95.7 cm³/mol. The Morgan fingerprint density at radius 3 is 2.31 bits per heavy atom. The molecule has 1 saturated heterocycles. The minimum absolute atomic E-state index is 0.0573. The van der Waals surface area contributed by atoms with Crippen molar-refractivity contribution in [2.75, 3.05) is 33.9 Å². The minimum Gasteiger partial charge on any atom is -0.498 e. The van der Waals surface area contributed by atoms with Crippen molar-refractivity contribution in [3.8, 4) is 23.3 Å². The summed E-state index contributed by atoms with van der Waals surface area (Å²) in [6, 6.07) is 7.37. The summed E-state index contributed by atoms with van der Waals surface area (Å²) < 4.78 is 20.8. The first-order valence-corrected chi connectivity index (χ1v) is 8.37. The number of nitrogens with zero attached hydrogens (tertiary/aromatic N) is 1. The molecular weight excluding hydrogens is 337 g/mol. The smallest absolute Gasteiger partial charge is 0.498 e. The topological polar surface area (TPSA) is 74.3 Å². The van der Waals surface area contributed by atoms with Crippen LogP contribution in [-0.2, 0) is 18.9 Å². The van der Waals surface area contributed by atoms with Crippen LogP contribution in [0, 0.1) is 11.8 Å². The van der Waals surface area contributed by atoms with E-state index in [2.05, 4.69) is 11.8 Å². The number of rotatable bonds is 6. The molecule has 0 amide bonds. The fraction of sp³-hybridized carbons (Fsp3) is 0.444. The van der Waals surface area contributed by atoms with Crippen molar-refractivity contribution in [1.82, 2.24) is 4.90 Å². The molecule has 1 aromatic rings. The molecule has 7 nitrogen and oxygen atoms in total. The van der Waals surface area contributed by atoms with Crippen LogP contribution in [0.25, 0.3) is 0 Å². The van der Waals surface area contributed by atoms with E-state index >= 15 is 0 Å². The van der Waals surface area contributed by atoms with Crippen LogP contribution in [0.3, 0.4) is 0 Å². The Bertz CT molecular complexity index is 646. The molecule has 0 N–H and O–H groups in total. The Morgan fingerprint density at radius 2 is 1.69 bits per heavy atom. The van der Waals surface area contributed by atoms with Gasteiger partial charge in [0.25, 0.3) is 0 Å². The maximum Gasteiger partial charge on any atom is 0.611 e. The molecule has 0 aromatic heterocycles. The van der Waals surface area contributed by atoms with Gasteiger partial charge in [0.2, 0.25) is 0 Å². The highest BCUT2D eigenvalue weighted by Crippen LogP contribution is 2.17. The number of hydrogen-bond acceptors (Lipinski definition) is 7. The largest absolute Gasteiger partial charge is 0.611 e. The number of ether oxygens (including phenoxy) is 2. The first-order valence-electron chi connectivity index (χ1n) is 8.37. The van der Waals surface area contributed by atoms with Crippen LogP contribution in [0.5, 0.6) is 11.5 Å². The van der Waals surface area contributed by atoms with E-state index < -0.39 is 19.1 Å². The molecule has 0 atom stereocenters. The zero-order chi connectivity index (χ0) is 18.8. The van der Waals surface area contributed by atoms with Crippen molar-refractivity contribution >= 4 is 19.1 Å². The zero-order valence-electron chi connectivity index (χ0n) is 15.0. The maximum absolute atomic E-state index is 11.6. The number of hydrogen-bond donors (Lipinski definition) is 0. The molecule has 1 aromatic carbocycles. The van der Waals surface area contributed by atoms with Crippen molar-refractivity contribution in [2.24, 2.45) is 0 Å². The van der Waals surface area contributed by atoms with Gasteiger partial charge in [0.1, 0.15) is 11.5 Å². The second-order valence-corrected chi connectivity index (χ2v) is 5.77. The van der Waals surface area contributed by atoms with Crippen LogP contribution in [-0.4, -0.2) is 57.8 Å². The molecule has 8 heteroatoms. The van der Waals surface area contributed by atoms with Crippen molar-refractivity contribution < 1.29 is 28.4 Å². The van der Waals surface area contributed by atoms with Gasteiger partial charge < -0.3 is 18.8 Å². The molecule has 0 saturated carbocycles. The number of benzene rings is 1. The normalized spacial score (nSPS) is 15.1. The second kappa shape index (κ2) is 10.4. The summed E-state index contributed by atoms with van der Waals surface area (Å²) in [5.41, 5.74) is 0. The van der Waals surface area contributed by atoms with E-state index in [9.17, 15) is 9.59 Å². The van der Waals surface area contributed by atoms with Gasteiger partial charge in [-0.3, -0.25) is 14.5 Å². The Labute approximate surface area is 153 Å². The van der Waals surface area contributed by atoms with Gasteiger partial charge in [0, 0.05) is 6.42 Å². The van der Waals surface area contributed by atoms with Gasteiger partial charge in [-0.25, -0.2) is 0 Å².